The van der Waals surface area contributed by atoms with Crippen LogP contribution in [0.15, 0.2) is 36.9 Å². The maximum absolute atomic E-state index is 13.0. The molecule has 0 spiro atoms. The van der Waals surface area contributed by atoms with Crippen LogP contribution in [0.5, 0.6) is 0 Å². The Labute approximate surface area is 204 Å². The third-order valence-corrected chi connectivity index (χ3v) is 5.69. The number of hydrogen-bond donors (Lipinski definition) is 3. The largest absolute Gasteiger partial charge is 0.418 e. The Bertz CT molecular complexity index is 1310. The van der Waals surface area contributed by atoms with Crippen molar-refractivity contribution in [3.05, 3.63) is 68.8 Å². The summed E-state index contributed by atoms with van der Waals surface area (Å²) in [6.45, 7) is 1.61. The number of thiazole rings is 1. The number of primary amides is 1. The summed E-state index contributed by atoms with van der Waals surface area (Å²) in [4.78, 5) is 51.4. The zero-order valence-corrected chi connectivity index (χ0v) is 19.2. The first-order valence-electron chi connectivity index (χ1n) is 9.54. The fourth-order valence-electron chi connectivity index (χ4n) is 2.58. The van der Waals surface area contributed by atoms with Crippen LogP contribution in [-0.4, -0.2) is 37.7 Å². The molecular formula is C20H15ClF3N7O3S. The van der Waals surface area contributed by atoms with E-state index in [4.69, 9.17) is 17.3 Å². The number of halogens is 4. The van der Waals surface area contributed by atoms with Crippen molar-refractivity contribution in [3.8, 4) is 0 Å². The molecule has 3 heterocycles. The van der Waals surface area contributed by atoms with Gasteiger partial charge in [0, 0.05) is 12.3 Å². The summed E-state index contributed by atoms with van der Waals surface area (Å²) in [6, 6.07) is 1.33. The number of hydrogen-bond acceptors (Lipinski definition) is 8. The van der Waals surface area contributed by atoms with E-state index in [1.807, 2.05) is 0 Å². The molecule has 1 atom stereocenters. The predicted molar refractivity (Wildman–Crippen MR) is 120 cm³/mol. The van der Waals surface area contributed by atoms with Crippen LogP contribution in [-0.2, 0) is 11.0 Å². The number of aromatic nitrogens is 4. The first-order chi connectivity index (χ1) is 16.4. The second-order valence-corrected chi connectivity index (χ2v) is 8.29. The molecule has 3 amide bonds. The van der Waals surface area contributed by atoms with Crippen LogP contribution < -0.4 is 16.4 Å². The summed E-state index contributed by atoms with van der Waals surface area (Å²) < 4.78 is 39.0. The van der Waals surface area contributed by atoms with Crippen molar-refractivity contribution in [2.24, 2.45) is 5.73 Å². The van der Waals surface area contributed by atoms with Crippen LogP contribution in [0.2, 0.25) is 5.02 Å². The van der Waals surface area contributed by atoms with E-state index in [1.54, 1.807) is 6.92 Å². The topological polar surface area (TPSA) is 153 Å². The summed E-state index contributed by atoms with van der Waals surface area (Å²) in [6.07, 6.45) is 0.837. The highest BCUT2D eigenvalue weighted by molar-refractivity contribution is 7.13. The maximum atomic E-state index is 13.0. The van der Waals surface area contributed by atoms with E-state index in [9.17, 15) is 27.6 Å². The molecule has 0 saturated heterocycles. The summed E-state index contributed by atoms with van der Waals surface area (Å²) in [7, 11) is 0. The third kappa shape index (κ3) is 6.80. The predicted octanol–water partition coefficient (Wildman–Crippen LogP) is 3.24. The zero-order valence-electron chi connectivity index (χ0n) is 17.6. The van der Waals surface area contributed by atoms with Gasteiger partial charge in [0.25, 0.3) is 11.8 Å². The minimum atomic E-state index is -4.71. The second kappa shape index (κ2) is 10.6. The molecule has 182 valence electrons. The van der Waals surface area contributed by atoms with Crippen molar-refractivity contribution in [2.75, 3.05) is 5.32 Å². The lowest BCUT2D eigenvalue weighted by Gasteiger charge is -2.11. The van der Waals surface area contributed by atoms with Crippen molar-refractivity contribution in [1.82, 2.24) is 25.3 Å². The Morgan fingerprint density at radius 2 is 1.86 bits per heavy atom. The molecule has 0 fully saturated rings. The first kappa shape index (κ1) is 25.7. The fraction of sp³-hybridized carbons (Fsp3) is 0.150. The minimum absolute atomic E-state index is 0.0137. The van der Waals surface area contributed by atoms with Gasteiger partial charge in [-0.25, -0.2) is 19.9 Å². The Balaban J connectivity index is 1.67. The highest BCUT2D eigenvalue weighted by atomic mass is 35.5. The lowest BCUT2D eigenvalue weighted by molar-refractivity contribution is -0.137. The van der Waals surface area contributed by atoms with Crippen molar-refractivity contribution in [1.29, 1.82) is 0 Å². The van der Waals surface area contributed by atoms with Gasteiger partial charge in [-0.15, -0.1) is 11.3 Å². The van der Waals surface area contributed by atoms with Gasteiger partial charge in [0.1, 0.15) is 27.7 Å². The standard InChI is InChI=1S/C20H15ClF3N7O3S/c1-9(30-17(33)13-4-10(28-8-29-13)2-3-15(25)32)19-27-7-14(35-19)18(34)31-16-5-11(20(22,23)24)12(21)6-26-16/h2-9H,1H3,(H2,25,32)(H,30,33)(H,26,31,34)/b3-2+. The molecule has 0 aromatic carbocycles. The molecule has 0 aliphatic carbocycles. The lowest BCUT2D eigenvalue weighted by Crippen LogP contribution is -2.27. The fourth-order valence-corrected chi connectivity index (χ4v) is 3.61. The van der Waals surface area contributed by atoms with E-state index in [2.05, 4.69) is 30.6 Å². The zero-order chi connectivity index (χ0) is 25.8. The monoisotopic (exact) mass is 525 g/mol. The van der Waals surface area contributed by atoms with Crippen LogP contribution in [0.4, 0.5) is 19.0 Å². The summed E-state index contributed by atoms with van der Waals surface area (Å²) in [5, 5.41) is 4.67. The van der Waals surface area contributed by atoms with Crippen LogP contribution in [0.3, 0.4) is 0 Å². The summed E-state index contributed by atoms with van der Waals surface area (Å²) in [5.41, 5.74) is 4.19. The molecular weight excluding hydrogens is 511 g/mol. The molecule has 0 saturated carbocycles. The Kier molecular flexibility index (Phi) is 7.76. The number of nitrogens with zero attached hydrogens (tertiary/aromatic N) is 4. The molecule has 0 radical (unpaired) electrons. The maximum Gasteiger partial charge on any atom is 0.418 e. The van der Waals surface area contributed by atoms with Crippen molar-refractivity contribution in [2.45, 2.75) is 19.1 Å². The van der Waals surface area contributed by atoms with Gasteiger partial charge in [-0.3, -0.25) is 14.4 Å². The summed E-state index contributed by atoms with van der Waals surface area (Å²) in [5.74, 6) is -2.33. The van der Waals surface area contributed by atoms with E-state index in [1.165, 1.54) is 18.3 Å². The van der Waals surface area contributed by atoms with Gasteiger partial charge in [0.2, 0.25) is 5.91 Å². The van der Waals surface area contributed by atoms with E-state index in [0.717, 1.165) is 29.9 Å². The number of nitrogens with two attached hydrogens (primary N) is 1. The van der Waals surface area contributed by atoms with E-state index >= 15 is 0 Å². The van der Waals surface area contributed by atoms with Crippen LogP contribution in [0.1, 0.15) is 49.4 Å². The van der Waals surface area contributed by atoms with Crippen LogP contribution >= 0.6 is 22.9 Å². The molecule has 3 rings (SSSR count). The second-order valence-electron chi connectivity index (χ2n) is 6.82. The van der Waals surface area contributed by atoms with E-state index < -0.39 is 40.5 Å². The molecule has 35 heavy (non-hydrogen) atoms. The third-order valence-electron chi connectivity index (χ3n) is 4.21. The highest BCUT2D eigenvalue weighted by Crippen LogP contribution is 2.35. The first-order valence-corrected chi connectivity index (χ1v) is 10.7. The average Bonchev–Trinajstić information content (AvgIpc) is 3.29. The Morgan fingerprint density at radius 1 is 1.11 bits per heavy atom. The van der Waals surface area contributed by atoms with Gasteiger partial charge in [-0.2, -0.15) is 13.2 Å². The molecule has 15 heteroatoms. The molecule has 4 N–H and O–H groups in total. The SMILES string of the molecule is CC(NC(=O)c1cc(/C=C/C(N)=O)ncn1)c1ncc(C(=O)Nc2cc(C(F)(F)F)c(Cl)cn2)s1. The number of carbonyl (C=O) groups excluding carboxylic acids is 3. The number of carbonyl (C=O) groups is 3. The van der Waals surface area contributed by atoms with E-state index in [0.29, 0.717) is 11.1 Å². The smallest absolute Gasteiger partial charge is 0.366 e. The number of anilines is 1. The van der Waals surface area contributed by atoms with E-state index in [-0.39, 0.29) is 22.1 Å². The average molecular weight is 526 g/mol. The van der Waals surface area contributed by atoms with Crippen molar-refractivity contribution >= 4 is 52.6 Å². The number of pyridine rings is 1. The quantitative estimate of drug-likeness (QED) is 0.400. The molecule has 3 aromatic heterocycles. The molecule has 10 nitrogen and oxygen atoms in total. The molecule has 0 aliphatic rings. The van der Waals surface area contributed by atoms with Crippen molar-refractivity contribution < 1.29 is 27.6 Å². The number of alkyl halides is 3. The molecule has 3 aromatic rings. The highest BCUT2D eigenvalue weighted by Gasteiger charge is 2.34. The van der Waals surface area contributed by atoms with Gasteiger partial charge in [0.15, 0.2) is 0 Å². The van der Waals surface area contributed by atoms with Crippen LogP contribution in [0.25, 0.3) is 6.08 Å². The molecule has 0 aliphatic heterocycles. The van der Waals surface area contributed by atoms with Crippen LogP contribution in [0, 0.1) is 0 Å². The Morgan fingerprint density at radius 3 is 2.54 bits per heavy atom. The molecule has 1 unspecified atom stereocenters. The minimum Gasteiger partial charge on any atom is -0.366 e. The number of nitrogens with one attached hydrogen (secondary N) is 2. The number of rotatable bonds is 7. The van der Waals surface area contributed by atoms with Gasteiger partial charge in [-0.1, -0.05) is 11.6 Å². The molecule has 0 bridgehead atoms. The summed E-state index contributed by atoms with van der Waals surface area (Å²) >= 11 is 6.45. The lowest BCUT2D eigenvalue weighted by atomic mass is 10.2. The van der Waals surface area contributed by atoms with Gasteiger partial charge >= 0.3 is 6.18 Å². The van der Waals surface area contributed by atoms with Gasteiger partial charge in [0.05, 0.1) is 28.5 Å². The number of amides is 3. The van der Waals surface area contributed by atoms with Gasteiger partial charge < -0.3 is 16.4 Å². The van der Waals surface area contributed by atoms with Gasteiger partial charge in [-0.05, 0) is 25.1 Å². The Hall–Kier alpha value is -3.91. The normalized spacial score (nSPS) is 12.4. The van der Waals surface area contributed by atoms with Crippen molar-refractivity contribution in [3.63, 3.8) is 0 Å².